The van der Waals surface area contributed by atoms with Crippen LogP contribution in [0.3, 0.4) is 0 Å². The highest BCUT2D eigenvalue weighted by Gasteiger charge is 2.37. The first-order valence-electron chi connectivity index (χ1n) is 7.58. The van der Waals surface area contributed by atoms with Crippen LogP contribution < -0.4 is 5.56 Å². The van der Waals surface area contributed by atoms with Crippen LogP contribution in [0.2, 0.25) is 0 Å². The van der Waals surface area contributed by atoms with Crippen molar-refractivity contribution in [2.24, 2.45) is 12.5 Å². The molecule has 1 spiro atoms. The van der Waals surface area contributed by atoms with Gasteiger partial charge in [0.25, 0.3) is 11.5 Å². The van der Waals surface area contributed by atoms with Crippen LogP contribution >= 0.6 is 0 Å². The fourth-order valence-electron chi connectivity index (χ4n) is 3.47. The summed E-state index contributed by atoms with van der Waals surface area (Å²) in [6, 6.07) is 2.94. The molecule has 1 saturated heterocycles. The number of amides is 1. The van der Waals surface area contributed by atoms with Crippen LogP contribution in [0.25, 0.3) is 0 Å². The third-order valence-electron chi connectivity index (χ3n) is 4.69. The molecule has 1 aliphatic carbocycles. The first-order chi connectivity index (χ1) is 10.1. The molecule has 0 saturated carbocycles. The van der Waals surface area contributed by atoms with E-state index in [2.05, 4.69) is 17.3 Å². The summed E-state index contributed by atoms with van der Waals surface area (Å²) in [5.74, 6) is -0.0563. The molecule has 0 radical (unpaired) electrons. The van der Waals surface area contributed by atoms with Crippen molar-refractivity contribution in [1.29, 1.82) is 0 Å². The monoisotopic (exact) mass is 287 g/mol. The number of hydrogen-bond donors (Lipinski definition) is 0. The highest BCUT2D eigenvalue weighted by atomic mass is 16.2. The summed E-state index contributed by atoms with van der Waals surface area (Å²) in [5, 5.41) is 4.08. The highest BCUT2D eigenvalue weighted by Crippen LogP contribution is 2.40. The number of carbonyl (C=O) groups excluding carboxylic acids is 1. The molecular formula is C16H21N3O2. The second-order valence-corrected chi connectivity index (χ2v) is 6.22. The molecule has 0 N–H and O–H groups in total. The summed E-state index contributed by atoms with van der Waals surface area (Å²) >= 11 is 0. The largest absolute Gasteiger partial charge is 0.337 e. The van der Waals surface area contributed by atoms with Gasteiger partial charge in [-0.3, -0.25) is 9.59 Å². The fourth-order valence-corrected chi connectivity index (χ4v) is 3.47. The normalized spacial score (nSPS) is 25.3. The molecule has 2 heterocycles. The van der Waals surface area contributed by atoms with Crippen LogP contribution in [0, 0.1) is 5.41 Å². The van der Waals surface area contributed by atoms with Gasteiger partial charge in [0.1, 0.15) is 5.69 Å². The predicted octanol–water partition coefficient (Wildman–Crippen LogP) is 1.74. The Kier molecular flexibility index (Phi) is 3.66. The average molecular weight is 287 g/mol. The zero-order chi connectivity index (χ0) is 14.9. The molecule has 21 heavy (non-hydrogen) atoms. The Bertz CT molecular complexity index is 635. The van der Waals surface area contributed by atoms with Gasteiger partial charge in [-0.2, -0.15) is 5.10 Å². The van der Waals surface area contributed by atoms with Gasteiger partial charge >= 0.3 is 0 Å². The van der Waals surface area contributed by atoms with Crippen LogP contribution in [0.1, 0.15) is 42.6 Å². The van der Waals surface area contributed by atoms with E-state index in [1.807, 2.05) is 4.90 Å². The van der Waals surface area contributed by atoms with Crippen LogP contribution in [-0.4, -0.2) is 33.7 Å². The third-order valence-corrected chi connectivity index (χ3v) is 4.69. The molecule has 1 aromatic rings. The molecule has 5 nitrogen and oxygen atoms in total. The van der Waals surface area contributed by atoms with Crippen molar-refractivity contribution in [3.05, 3.63) is 40.3 Å². The zero-order valence-electron chi connectivity index (χ0n) is 12.4. The Morgan fingerprint density at radius 3 is 2.86 bits per heavy atom. The van der Waals surface area contributed by atoms with Crippen molar-refractivity contribution in [3.8, 4) is 0 Å². The standard InChI is InChI=1S/C16H21N3O2/c1-18-14(20)7-6-13(17-18)15(21)19-11-5-10-16(12-19)8-3-2-4-9-16/h2-3,6-7H,4-5,8-12H2,1H3. The number of allylic oxidation sites excluding steroid dienone is 2. The molecule has 5 heteroatoms. The molecule has 112 valence electrons. The second-order valence-electron chi connectivity index (χ2n) is 6.22. The molecule has 1 fully saturated rings. The van der Waals surface area contributed by atoms with Gasteiger partial charge in [0.05, 0.1) is 0 Å². The van der Waals surface area contributed by atoms with E-state index in [0.29, 0.717) is 5.69 Å². The van der Waals surface area contributed by atoms with Crippen molar-refractivity contribution < 1.29 is 4.79 Å². The third kappa shape index (κ3) is 2.77. The Morgan fingerprint density at radius 2 is 2.14 bits per heavy atom. The van der Waals surface area contributed by atoms with Gasteiger partial charge in [0.2, 0.25) is 0 Å². The molecule has 3 rings (SSSR count). The molecule has 1 atom stereocenters. The zero-order valence-corrected chi connectivity index (χ0v) is 12.4. The lowest BCUT2D eigenvalue weighted by molar-refractivity contribution is 0.0477. The maximum Gasteiger partial charge on any atom is 0.274 e. The number of aromatic nitrogens is 2. The SMILES string of the molecule is Cn1nc(C(=O)N2CCCC3(CC=CCC3)C2)ccc1=O. The lowest BCUT2D eigenvalue weighted by Crippen LogP contribution is -2.47. The maximum atomic E-state index is 12.6. The fraction of sp³-hybridized carbons (Fsp3) is 0.562. The Morgan fingerprint density at radius 1 is 1.29 bits per heavy atom. The summed E-state index contributed by atoms with van der Waals surface area (Å²) in [4.78, 5) is 25.9. The summed E-state index contributed by atoms with van der Waals surface area (Å²) in [7, 11) is 1.57. The Balaban J connectivity index is 1.79. The van der Waals surface area contributed by atoms with Crippen molar-refractivity contribution >= 4 is 5.91 Å². The van der Waals surface area contributed by atoms with E-state index in [4.69, 9.17) is 0 Å². The number of aryl methyl sites for hydroxylation is 1. The number of likely N-dealkylation sites (tertiary alicyclic amines) is 1. The van der Waals surface area contributed by atoms with Gasteiger partial charge in [-0.25, -0.2) is 4.68 Å². The lowest BCUT2D eigenvalue weighted by atomic mass is 9.71. The van der Waals surface area contributed by atoms with E-state index in [0.717, 1.165) is 38.8 Å². The maximum absolute atomic E-state index is 12.6. The summed E-state index contributed by atoms with van der Waals surface area (Å²) in [5.41, 5.74) is 0.420. The quantitative estimate of drug-likeness (QED) is 0.739. The van der Waals surface area contributed by atoms with Crippen molar-refractivity contribution in [2.45, 2.75) is 32.1 Å². The van der Waals surface area contributed by atoms with Gasteiger partial charge in [-0.05, 0) is 43.6 Å². The van der Waals surface area contributed by atoms with Crippen molar-refractivity contribution in [3.63, 3.8) is 0 Å². The molecule has 0 bridgehead atoms. The van der Waals surface area contributed by atoms with Gasteiger partial charge in [-0.1, -0.05) is 12.2 Å². The first-order valence-corrected chi connectivity index (χ1v) is 7.58. The molecule has 1 aliphatic heterocycles. The lowest BCUT2D eigenvalue weighted by Gasteiger charge is -2.43. The van der Waals surface area contributed by atoms with E-state index < -0.39 is 0 Å². The van der Waals surface area contributed by atoms with Crippen LogP contribution in [0.5, 0.6) is 0 Å². The summed E-state index contributed by atoms with van der Waals surface area (Å²) in [6.45, 7) is 1.59. The topological polar surface area (TPSA) is 55.2 Å². The summed E-state index contributed by atoms with van der Waals surface area (Å²) < 4.78 is 1.22. The summed E-state index contributed by atoms with van der Waals surface area (Å²) in [6.07, 6.45) is 10.1. The smallest absolute Gasteiger partial charge is 0.274 e. The van der Waals surface area contributed by atoms with Gasteiger partial charge in [0.15, 0.2) is 0 Å². The van der Waals surface area contributed by atoms with E-state index in [1.54, 1.807) is 7.05 Å². The van der Waals surface area contributed by atoms with Crippen molar-refractivity contribution in [2.75, 3.05) is 13.1 Å². The molecule has 2 aliphatic rings. The van der Waals surface area contributed by atoms with E-state index in [1.165, 1.54) is 23.2 Å². The minimum Gasteiger partial charge on any atom is -0.337 e. The molecule has 1 amide bonds. The molecule has 1 aromatic heterocycles. The molecular weight excluding hydrogens is 266 g/mol. The average Bonchev–Trinajstić information content (AvgIpc) is 2.50. The predicted molar refractivity (Wildman–Crippen MR) is 80.0 cm³/mol. The number of piperidine rings is 1. The van der Waals surface area contributed by atoms with E-state index in [9.17, 15) is 9.59 Å². The minimum atomic E-state index is -0.195. The minimum absolute atomic E-state index is 0.0563. The van der Waals surface area contributed by atoms with Crippen molar-refractivity contribution in [1.82, 2.24) is 14.7 Å². The van der Waals surface area contributed by atoms with Gasteiger partial charge in [0, 0.05) is 26.2 Å². The first kappa shape index (κ1) is 14.0. The van der Waals surface area contributed by atoms with E-state index >= 15 is 0 Å². The van der Waals surface area contributed by atoms with Gasteiger partial charge < -0.3 is 4.90 Å². The molecule has 0 aromatic carbocycles. The number of rotatable bonds is 1. The van der Waals surface area contributed by atoms with Gasteiger partial charge in [-0.15, -0.1) is 0 Å². The Hall–Kier alpha value is -1.91. The highest BCUT2D eigenvalue weighted by molar-refractivity contribution is 5.92. The van der Waals surface area contributed by atoms with E-state index in [-0.39, 0.29) is 16.9 Å². The number of nitrogens with zero attached hydrogens (tertiary/aromatic N) is 3. The van der Waals surface area contributed by atoms with Crippen LogP contribution in [-0.2, 0) is 7.05 Å². The number of hydrogen-bond acceptors (Lipinski definition) is 3. The molecule has 1 unspecified atom stereocenters. The Labute approximate surface area is 124 Å². The van der Waals surface area contributed by atoms with Crippen LogP contribution in [0.15, 0.2) is 29.1 Å². The number of carbonyl (C=O) groups is 1. The second kappa shape index (κ2) is 5.47. The van der Waals surface area contributed by atoms with Crippen LogP contribution in [0.4, 0.5) is 0 Å².